The monoisotopic (exact) mass is 555 g/mol. The van der Waals surface area contributed by atoms with Gasteiger partial charge in [-0.1, -0.05) is 23.7 Å². The van der Waals surface area contributed by atoms with Gasteiger partial charge >= 0.3 is 10.1 Å². The maximum Gasteiger partial charge on any atom is 0.339 e. The SMILES string of the molecule is Cc1ccc(C)c(N=Cc2cc(Br)c(OS(=O)(=O)c3ccc(Cl)cc3)c(Br)c2)c1. The van der Waals surface area contributed by atoms with Gasteiger partial charge in [-0.25, -0.2) is 0 Å². The van der Waals surface area contributed by atoms with E-state index >= 15 is 0 Å². The van der Waals surface area contributed by atoms with Crippen molar-refractivity contribution in [3.8, 4) is 5.75 Å². The summed E-state index contributed by atoms with van der Waals surface area (Å²) in [5.41, 5.74) is 3.85. The second kappa shape index (κ2) is 9.00. The molecule has 0 atom stereocenters. The molecule has 150 valence electrons. The number of nitrogens with zero attached hydrogens (tertiary/aromatic N) is 1. The van der Waals surface area contributed by atoms with E-state index in [1.54, 1.807) is 18.3 Å². The largest absolute Gasteiger partial charge is 0.377 e. The van der Waals surface area contributed by atoms with Gasteiger partial charge in [0.15, 0.2) is 5.75 Å². The third-order valence-corrected chi connectivity index (χ3v) is 6.70. The highest BCUT2D eigenvalue weighted by Crippen LogP contribution is 2.36. The van der Waals surface area contributed by atoms with Crippen molar-refractivity contribution in [2.45, 2.75) is 18.7 Å². The number of hydrogen-bond donors (Lipinski definition) is 0. The minimum atomic E-state index is -4.01. The van der Waals surface area contributed by atoms with Crippen molar-refractivity contribution < 1.29 is 12.6 Å². The molecule has 4 nitrogen and oxygen atoms in total. The van der Waals surface area contributed by atoms with E-state index in [4.69, 9.17) is 15.8 Å². The molecule has 0 aromatic heterocycles. The van der Waals surface area contributed by atoms with E-state index in [0.717, 1.165) is 22.4 Å². The van der Waals surface area contributed by atoms with Crippen LogP contribution in [0.2, 0.25) is 5.02 Å². The molecule has 0 heterocycles. The Bertz CT molecular complexity index is 1170. The molecule has 0 amide bonds. The van der Waals surface area contributed by atoms with Crippen LogP contribution in [0.5, 0.6) is 5.75 Å². The first-order valence-corrected chi connectivity index (χ1v) is 11.8. The average molecular weight is 558 g/mol. The van der Waals surface area contributed by atoms with Crippen molar-refractivity contribution in [1.29, 1.82) is 0 Å². The maximum absolute atomic E-state index is 12.5. The molecule has 0 aliphatic heterocycles. The van der Waals surface area contributed by atoms with Gasteiger partial charge in [-0.2, -0.15) is 8.42 Å². The molecule has 0 spiro atoms. The van der Waals surface area contributed by atoms with E-state index in [2.05, 4.69) is 36.9 Å². The third kappa shape index (κ3) is 5.48. The van der Waals surface area contributed by atoms with Crippen LogP contribution in [0.1, 0.15) is 16.7 Å². The Hall–Kier alpha value is -1.67. The highest BCUT2D eigenvalue weighted by molar-refractivity contribution is 9.11. The molecule has 0 saturated heterocycles. The van der Waals surface area contributed by atoms with Gasteiger partial charge in [0.25, 0.3) is 0 Å². The Balaban J connectivity index is 1.88. The van der Waals surface area contributed by atoms with Crippen molar-refractivity contribution in [3.63, 3.8) is 0 Å². The van der Waals surface area contributed by atoms with E-state index in [1.807, 2.05) is 32.0 Å². The summed E-state index contributed by atoms with van der Waals surface area (Å²) in [5, 5.41) is 0.443. The predicted octanol–water partition coefficient (Wildman–Crippen LogP) is 7.00. The lowest BCUT2D eigenvalue weighted by Crippen LogP contribution is -2.10. The fourth-order valence-corrected chi connectivity index (χ4v) is 5.18. The number of halogens is 3. The maximum atomic E-state index is 12.5. The molecule has 0 aliphatic carbocycles. The van der Waals surface area contributed by atoms with Crippen LogP contribution < -0.4 is 4.18 Å². The average Bonchev–Trinajstić information content (AvgIpc) is 2.66. The van der Waals surface area contributed by atoms with Crippen molar-refractivity contribution >= 4 is 65.5 Å². The van der Waals surface area contributed by atoms with Crippen LogP contribution in [0, 0.1) is 13.8 Å². The van der Waals surface area contributed by atoms with Gasteiger partial charge in [0.2, 0.25) is 0 Å². The minimum absolute atomic E-state index is 0.0151. The van der Waals surface area contributed by atoms with Crippen LogP contribution in [0.4, 0.5) is 5.69 Å². The standard InChI is InChI=1S/C21H16Br2ClNO3S/c1-13-3-4-14(2)20(9-13)25-12-15-10-18(22)21(19(23)11-15)28-29(26,27)17-7-5-16(24)6-8-17/h3-12H,1-2H3. The van der Waals surface area contributed by atoms with Crippen molar-refractivity contribution in [3.05, 3.63) is 85.3 Å². The van der Waals surface area contributed by atoms with Gasteiger partial charge in [-0.3, -0.25) is 4.99 Å². The molecule has 3 rings (SSSR count). The molecule has 0 fully saturated rings. The quantitative estimate of drug-likeness (QED) is 0.251. The molecule has 0 N–H and O–H groups in total. The van der Waals surface area contributed by atoms with Crippen LogP contribution in [0.25, 0.3) is 0 Å². The summed E-state index contributed by atoms with van der Waals surface area (Å²) in [5.74, 6) is 0.156. The normalized spacial score (nSPS) is 11.8. The lowest BCUT2D eigenvalue weighted by molar-refractivity contribution is 0.483. The smallest absolute Gasteiger partial charge is 0.339 e. The van der Waals surface area contributed by atoms with Crippen LogP contribution in [-0.2, 0) is 10.1 Å². The zero-order valence-electron chi connectivity index (χ0n) is 15.5. The van der Waals surface area contributed by atoms with Crippen molar-refractivity contribution in [2.75, 3.05) is 0 Å². The molecule has 8 heteroatoms. The predicted molar refractivity (Wildman–Crippen MR) is 124 cm³/mol. The van der Waals surface area contributed by atoms with E-state index in [9.17, 15) is 8.42 Å². The molecule has 3 aromatic rings. The summed E-state index contributed by atoms with van der Waals surface area (Å²) in [4.78, 5) is 4.56. The summed E-state index contributed by atoms with van der Waals surface area (Å²) >= 11 is 12.6. The number of aliphatic imine (C=N–C) groups is 1. The first kappa shape index (κ1) is 22.0. The van der Waals surface area contributed by atoms with Crippen LogP contribution in [0.3, 0.4) is 0 Å². The van der Waals surface area contributed by atoms with Crippen molar-refractivity contribution in [1.82, 2.24) is 0 Å². The Morgan fingerprint density at radius 1 is 0.966 bits per heavy atom. The van der Waals surface area contributed by atoms with Gasteiger partial charge < -0.3 is 4.18 Å². The number of rotatable bonds is 5. The van der Waals surface area contributed by atoms with Gasteiger partial charge in [-0.05, 0) is 105 Å². The zero-order valence-corrected chi connectivity index (χ0v) is 20.2. The van der Waals surface area contributed by atoms with E-state index in [-0.39, 0.29) is 10.6 Å². The number of benzene rings is 3. The van der Waals surface area contributed by atoms with Crippen molar-refractivity contribution in [2.24, 2.45) is 4.99 Å². The highest BCUT2D eigenvalue weighted by Gasteiger charge is 2.20. The summed E-state index contributed by atoms with van der Waals surface area (Å²) in [6.07, 6.45) is 1.72. The molecular weight excluding hydrogens is 542 g/mol. The minimum Gasteiger partial charge on any atom is -0.377 e. The second-order valence-electron chi connectivity index (χ2n) is 6.35. The van der Waals surface area contributed by atoms with Gasteiger partial charge in [0.1, 0.15) is 4.90 Å². The summed E-state index contributed by atoms with van der Waals surface area (Å²) in [6, 6.07) is 15.3. The van der Waals surface area contributed by atoms with Crippen LogP contribution in [0.15, 0.2) is 73.4 Å². The number of hydrogen-bond acceptors (Lipinski definition) is 4. The second-order valence-corrected chi connectivity index (χ2v) is 10.0. The van der Waals surface area contributed by atoms with Gasteiger partial charge in [-0.15, -0.1) is 0 Å². The van der Waals surface area contributed by atoms with E-state index in [1.165, 1.54) is 24.3 Å². The lowest BCUT2D eigenvalue weighted by atomic mass is 10.1. The van der Waals surface area contributed by atoms with Crippen LogP contribution in [-0.4, -0.2) is 14.6 Å². The fourth-order valence-electron chi connectivity index (χ4n) is 2.50. The molecule has 0 unspecified atom stereocenters. The molecule has 0 aliphatic rings. The topological polar surface area (TPSA) is 55.7 Å². The Morgan fingerprint density at radius 3 is 2.21 bits per heavy atom. The summed E-state index contributed by atoms with van der Waals surface area (Å²) < 4.78 is 31.4. The molecule has 0 bridgehead atoms. The Morgan fingerprint density at radius 2 is 1.59 bits per heavy atom. The molecular formula is C21H16Br2ClNO3S. The summed E-state index contributed by atoms with van der Waals surface area (Å²) in [6.45, 7) is 4.01. The Kier molecular flexibility index (Phi) is 6.83. The number of aryl methyl sites for hydroxylation is 2. The highest BCUT2D eigenvalue weighted by atomic mass is 79.9. The first-order chi connectivity index (χ1) is 13.7. The Labute approximate surface area is 192 Å². The lowest BCUT2D eigenvalue weighted by Gasteiger charge is -2.11. The van der Waals surface area contributed by atoms with Gasteiger partial charge in [0.05, 0.1) is 14.6 Å². The zero-order chi connectivity index (χ0) is 21.2. The molecule has 3 aromatic carbocycles. The van der Waals surface area contributed by atoms with E-state index < -0.39 is 10.1 Å². The molecule has 0 radical (unpaired) electrons. The molecule has 29 heavy (non-hydrogen) atoms. The third-order valence-electron chi connectivity index (χ3n) is 4.03. The van der Waals surface area contributed by atoms with Crippen LogP contribution >= 0.6 is 43.5 Å². The first-order valence-electron chi connectivity index (χ1n) is 8.46. The summed E-state index contributed by atoms with van der Waals surface area (Å²) in [7, 11) is -4.01. The molecule has 0 saturated carbocycles. The van der Waals surface area contributed by atoms with E-state index in [0.29, 0.717) is 14.0 Å². The van der Waals surface area contributed by atoms with Gasteiger partial charge in [0, 0.05) is 11.2 Å². The fraction of sp³-hybridized carbons (Fsp3) is 0.0952.